The van der Waals surface area contributed by atoms with Crippen LogP contribution in [0.25, 0.3) is 0 Å². The Morgan fingerprint density at radius 2 is 1.96 bits per heavy atom. The van der Waals surface area contributed by atoms with Crippen molar-refractivity contribution in [3.05, 3.63) is 65.2 Å². The molecule has 0 saturated carbocycles. The molecule has 2 aromatic carbocycles. The highest BCUT2D eigenvalue weighted by Gasteiger charge is 2.29. The molecule has 0 aromatic heterocycles. The molecule has 0 radical (unpaired) electrons. The lowest BCUT2D eigenvalue weighted by molar-refractivity contribution is 0.186. The van der Waals surface area contributed by atoms with Crippen LogP contribution in [0.3, 0.4) is 0 Å². The van der Waals surface area contributed by atoms with E-state index < -0.39 is 0 Å². The Kier molecular flexibility index (Phi) is 5.03. The van der Waals surface area contributed by atoms with Crippen LogP contribution >= 0.6 is 0 Å². The van der Waals surface area contributed by atoms with Crippen LogP contribution in [0, 0.1) is 0 Å². The summed E-state index contributed by atoms with van der Waals surface area (Å²) in [4.78, 5) is 17.0. The number of nitrogens with one attached hydrogen (secondary N) is 1. The summed E-state index contributed by atoms with van der Waals surface area (Å²) in [6.45, 7) is 5.39. The molecular weight excluding hydrogens is 338 g/mol. The van der Waals surface area contributed by atoms with Crippen molar-refractivity contribution in [3.63, 3.8) is 0 Å². The van der Waals surface area contributed by atoms with Gasteiger partial charge in [0.15, 0.2) is 0 Å². The second-order valence-electron chi connectivity index (χ2n) is 7.64. The molecule has 0 aliphatic carbocycles. The van der Waals surface area contributed by atoms with Crippen LogP contribution in [0.5, 0.6) is 5.75 Å². The van der Waals surface area contributed by atoms with Gasteiger partial charge >= 0.3 is 6.03 Å². The van der Waals surface area contributed by atoms with E-state index in [-0.39, 0.29) is 17.8 Å². The number of urea groups is 1. The van der Waals surface area contributed by atoms with E-state index in [9.17, 15) is 9.90 Å². The lowest BCUT2D eigenvalue weighted by Gasteiger charge is -2.30. The van der Waals surface area contributed by atoms with Crippen LogP contribution in [0.4, 0.5) is 4.79 Å². The number of fused-ring (bicyclic) bond motifs is 1. The number of rotatable bonds is 3. The lowest BCUT2D eigenvalue weighted by Crippen LogP contribution is -2.47. The number of aromatic hydroxyl groups is 1. The maximum atomic E-state index is 12.7. The Hall–Kier alpha value is -2.53. The van der Waals surface area contributed by atoms with Gasteiger partial charge in [-0.05, 0) is 48.6 Å². The number of phenolic OH excluding ortho intramolecular Hbond substituents is 1. The molecule has 142 valence electrons. The van der Waals surface area contributed by atoms with Crippen molar-refractivity contribution in [2.75, 3.05) is 19.6 Å². The molecule has 2 N–H and O–H groups in total. The smallest absolute Gasteiger partial charge is 0.317 e. The number of carbonyl (C=O) groups excluding carboxylic acids is 1. The molecule has 0 spiro atoms. The Labute approximate surface area is 160 Å². The minimum absolute atomic E-state index is 0.00297. The van der Waals surface area contributed by atoms with Crippen LogP contribution in [0.1, 0.15) is 36.1 Å². The van der Waals surface area contributed by atoms with E-state index in [1.54, 1.807) is 12.1 Å². The van der Waals surface area contributed by atoms with E-state index in [2.05, 4.69) is 41.4 Å². The number of hydrogen-bond acceptors (Lipinski definition) is 3. The van der Waals surface area contributed by atoms with Crippen molar-refractivity contribution in [2.45, 2.75) is 38.4 Å². The van der Waals surface area contributed by atoms with E-state index in [0.717, 1.165) is 38.0 Å². The van der Waals surface area contributed by atoms with Crippen molar-refractivity contribution in [1.29, 1.82) is 0 Å². The van der Waals surface area contributed by atoms with Crippen LogP contribution in [-0.2, 0) is 13.0 Å². The quantitative estimate of drug-likeness (QED) is 0.878. The summed E-state index contributed by atoms with van der Waals surface area (Å²) >= 11 is 0. The second-order valence-corrected chi connectivity index (χ2v) is 7.64. The van der Waals surface area contributed by atoms with Gasteiger partial charge in [0.05, 0.1) is 0 Å². The van der Waals surface area contributed by atoms with Crippen LogP contribution in [0.15, 0.2) is 48.5 Å². The summed E-state index contributed by atoms with van der Waals surface area (Å²) in [6, 6.07) is 16.5. The summed E-state index contributed by atoms with van der Waals surface area (Å²) in [5.74, 6) is 0.261. The average Bonchev–Trinajstić information content (AvgIpc) is 3.16. The standard InChI is InChI=1S/C22H27N3O2/c1-16(17-5-3-2-4-6-17)24-12-10-20(15-24)23-22(27)25-11-9-18-7-8-21(26)13-19(18)14-25/h2-8,13,16,20,26H,9-12,14-15H2,1H3,(H,23,27). The first-order valence-corrected chi connectivity index (χ1v) is 9.75. The summed E-state index contributed by atoms with van der Waals surface area (Å²) in [7, 11) is 0. The van der Waals surface area contributed by atoms with Crippen molar-refractivity contribution in [2.24, 2.45) is 0 Å². The van der Waals surface area contributed by atoms with Crippen LogP contribution in [0.2, 0.25) is 0 Å². The molecule has 27 heavy (non-hydrogen) atoms. The van der Waals surface area contributed by atoms with Crippen LogP contribution < -0.4 is 5.32 Å². The third-order valence-electron chi connectivity index (χ3n) is 5.87. The Balaban J connectivity index is 1.33. The molecule has 2 aliphatic rings. The summed E-state index contributed by atoms with van der Waals surface area (Å²) < 4.78 is 0. The number of amides is 2. The van der Waals surface area contributed by atoms with Crippen molar-refractivity contribution < 1.29 is 9.90 Å². The monoisotopic (exact) mass is 365 g/mol. The van der Waals surface area contributed by atoms with Crippen molar-refractivity contribution in [3.8, 4) is 5.75 Å². The van der Waals surface area contributed by atoms with E-state index in [4.69, 9.17) is 0 Å². The second kappa shape index (κ2) is 7.61. The third-order valence-corrected chi connectivity index (χ3v) is 5.87. The average molecular weight is 365 g/mol. The van der Waals surface area contributed by atoms with Gasteiger partial charge in [-0.1, -0.05) is 36.4 Å². The first kappa shape index (κ1) is 17.9. The zero-order valence-electron chi connectivity index (χ0n) is 15.8. The summed E-state index contributed by atoms with van der Waals surface area (Å²) in [5, 5.41) is 12.9. The number of benzene rings is 2. The van der Waals surface area contributed by atoms with Crippen molar-refractivity contribution >= 4 is 6.03 Å². The summed E-state index contributed by atoms with van der Waals surface area (Å²) in [5.41, 5.74) is 3.58. The lowest BCUT2D eigenvalue weighted by atomic mass is 10.00. The molecule has 2 aromatic rings. The third kappa shape index (κ3) is 3.93. The summed E-state index contributed by atoms with van der Waals surface area (Å²) in [6.07, 6.45) is 1.82. The minimum Gasteiger partial charge on any atom is -0.508 e. The highest BCUT2D eigenvalue weighted by atomic mass is 16.3. The molecule has 1 saturated heterocycles. The Morgan fingerprint density at radius 3 is 2.78 bits per heavy atom. The zero-order valence-corrected chi connectivity index (χ0v) is 15.8. The number of nitrogens with zero attached hydrogens (tertiary/aromatic N) is 2. The molecule has 4 rings (SSSR count). The topological polar surface area (TPSA) is 55.8 Å². The van der Waals surface area contributed by atoms with E-state index in [1.165, 1.54) is 11.1 Å². The fourth-order valence-electron chi connectivity index (χ4n) is 4.18. The van der Waals surface area contributed by atoms with Gasteiger partial charge in [-0.15, -0.1) is 0 Å². The molecule has 2 heterocycles. The molecule has 2 amide bonds. The maximum absolute atomic E-state index is 12.7. The van der Waals surface area contributed by atoms with Gasteiger partial charge < -0.3 is 15.3 Å². The zero-order chi connectivity index (χ0) is 18.8. The fraction of sp³-hybridized carbons (Fsp3) is 0.409. The SMILES string of the molecule is CC(c1ccccc1)N1CCC(NC(=O)N2CCc3ccc(O)cc3C2)C1. The first-order valence-electron chi connectivity index (χ1n) is 9.75. The maximum Gasteiger partial charge on any atom is 0.317 e. The molecule has 2 aliphatic heterocycles. The van der Waals surface area contributed by atoms with E-state index in [1.807, 2.05) is 17.0 Å². The molecule has 2 unspecified atom stereocenters. The van der Waals surface area contributed by atoms with Gasteiger partial charge in [-0.25, -0.2) is 4.79 Å². The molecule has 5 heteroatoms. The number of likely N-dealkylation sites (tertiary alicyclic amines) is 1. The number of hydrogen-bond donors (Lipinski definition) is 2. The predicted molar refractivity (Wildman–Crippen MR) is 106 cm³/mol. The molecule has 1 fully saturated rings. The van der Waals surface area contributed by atoms with Gasteiger partial charge in [0.25, 0.3) is 0 Å². The predicted octanol–water partition coefficient (Wildman–Crippen LogP) is 3.30. The minimum atomic E-state index is 0.00297. The van der Waals surface area contributed by atoms with Gasteiger partial charge in [0, 0.05) is 38.3 Å². The largest absolute Gasteiger partial charge is 0.508 e. The van der Waals surface area contributed by atoms with Gasteiger partial charge in [0.1, 0.15) is 5.75 Å². The Bertz CT molecular complexity index is 808. The molecule has 2 atom stereocenters. The van der Waals surface area contributed by atoms with Crippen LogP contribution in [-0.4, -0.2) is 46.6 Å². The number of phenols is 1. The van der Waals surface area contributed by atoms with Gasteiger partial charge in [-0.3, -0.25) is 4.90 Å². The normalized spacial score (nSPS) is 20.9. The van der Waals surface area contributed by atoms with Gasteiger partial charge in [0.2, 0.25) is 0 Å². The fourth-order valence-corrected chi connectivity index (χ4v) is 4.18. The Morgan fingerprint density at radius 1 is 1.15 bits per heavy atom. The van der Waals surface area contributed by atoms with E-state index >= 15 is 0 Å². The first-order chi connectivity index (χ1) is 13.1. The van der Waals surface area contributed by atoms with Gasteiger partial charge in [-0.2, -0.15) is 0 Å². The highest BCUT2D eigenvalue weighted by molar-refractivity contribution is 5.75. The molecular formula is C22H27N3O2. The number of carbonyl (C=O) groups is 1. The molecule has 0 bridgehead atoms. The molecule has 5 nitrogen and oxygen atoms in total. The van der Waals surface area contributed by atoms with E-state index in [0.29, 0.717) is 12.6 Å². The highest BCUT2D eigenvalue weighted by Crippen LogP contribution is 2.26. The van der Waals surface area contributed by atoms with Crippen molar-refractivity contribution in [1.82, 2.24) is 15.1 Å².